The number of carbonyl (C=O) groups is 4. The van der Waals surface area contributed by atoms with Crippen LogP contribution in [0.15, 0.2) is 12.5 Å². The highest BCUT2D eigenvalue weighted by molar-refractivity contribution is 5.94. The van der Waals surface area contributed by atoms with Gasteiger partial charge in [0, 0.05) is 24.9 Å². The Bertz CT molecular complexity index is 676. The SMILES string of the molecule is NC(=O)C[C@H](NC(=O)[C@@H](N)Cc1cnc[nH]1)C(=O)N1CCC[C@@H]1C(=O)O. The first-order valence-corrected chi connectivity index (χ1v) is 8.14. The number of hydrogen-bond acceptors (Lipinski definition) is 6. The van der Waals surface area contributed by atoms with Crippen molar-refractivity contribution in [1.29, 1.82) is 0 Å². The number of nitrogens with one attached hydrogen (secondary N) is 2. The molecule has 2 rings (SSSR count). The average molecular weight is 366 g/mol. The van der Waals surface area contributed by atoms with Gasteiger partial charge >= 0.3 is 5.97 Å². The number of aromatic amines is 1. The lowest BCUT2D eigenvalue weighted by atomic mass is 10.1. The summed E-state index contributed by atoms with van der Waals surface area (Å²) in [5, 5.41) is 11.6. The normalized spacial score (nSPS) is 19.0. The molecule has 0 unspecified atom stereocenters. The molecule has 1 aromatic heterocycles. The Labute approximate surface area is 149 Å². The predicted octanol–water partition coefficient (Wildman–Crippen LogP) is -2.28. The summed E-state index contributed by atoms with van der Waals surface area (Å²) in [6, 6.07) is -3.21. The number of H-pyrrole nitrogens is 1. The summed E-state index contributed by atoms with van der Waals surface area (Å²) in [5.41, 5.74) is 11.6. The molecule has 142 valence electrons. The number of carbonyl (C=O) groups excluding carboxylic acids is 3. The zero-order chi connectivity index (χ0) is 19.3. The second-order valence-corrected chi connectivity index (χ2v) is 6.15. The van der Waals surface area contributed by atoms with E-state index in [0.717, 1.165) is 4.90 Å². The van der Waals surface area contributed by atoms with Crippen LogP contribution in [0.3, 0.4) is 0 Å². The zero-order valence-corrected chi connectivity index (χ0v) is 14.1. The van der Waals surface area contributed by atoms with Crippen molar-refractivity contribution in [2.24, 2.45) is 11.5 Å². The van der Waals surface area contributed by atoms with Crippen LogP contribution in [0.5, 0.6) is 0 Å². The van der Waals surface area contributed by atoms with E-state index in [1.807, 2.05) is 0 Å². The molecule has 11 nitrogen and oxygen atoms in total. The van der Waals surface area contributed by atoms with E-state index in [0.29, 0.717) is 18.5 Å². The first-order chi connectivity index (χ1) is 12.3. The van der Waals surface area contributed by atoms with Gasteiger partial charge in [0.15, 0.2) is 0 Å². The van der Waals surface area contributed by atoms with Gasteiger partial charge in [-0.3, -0.25) is 14.4 Å². The molecule has 1 saturated heterocycles. The summed E-state index contributed by atoms with van der Waals surface area (Å²) in [7, 11) is 0. The van der Waals surface area contributed by atoms with Crippen LogP contribution < -0.4 is 16.8 Å². The molecule has 3 atom stereocenters. The monoisotopic (exact) mass is 366 g/mol. The molecule has 0 saturated carbocycles. The summed E-state index contributed by atoms with van der Waals surface area (Å²) >= 11 is 0. The van der Waals surface area contributed by atoms with Crippen LogP contribution in [0.25, 0.3) is 0 Å². The molecule has 0 aliphatic carbocycles. The van der Waals surface area contributed by atoms with Crippen molar-refractivity contribution in [3.63, 3.8) is 0 Å². The quantitative estimate of drug-likeness (QED) is 0.343. The minimum atomic E-state index is -1.26. The number of imidazole rings is 1. The third kappa shape index (κ3) is 4.79. The van der Waals surface area contributed by atoms with Gasteiger partial charge in [-0.2, -0.15) is 0 Å². The van der Waals surface area contributed by atoms with Gasteiger partial charge in [0.1, 0.15) is 12.1 Å². The Morgan fingerprint density at radius 1 is 1.42 bits per heavy atom. The number of nitrogens with two attached hydrogens (primary N) is 2. The number of aromatic nitrogens is 2. The van der Waals surface area contributed by atoms with Crippen LogP contribution in [0.1, 0.15) is 25.0 Å². The van der Waals surface area contributed by atoms with Crippen LogP contribution in [0.2, 0.25) is 0 Å². The Kier molecular flexibility index (Phi) is 6.28. The Morgan fingerprint density at radius 2 is 2.15 bits per heavy atom. The first kappa shape index (κ1) is 19.4. The molecule has 1 aromatic rings. The smallest absolute Gasteiger partial charge is 0.326 e. The molecule has 2 heterocycles. The second-order valence-electron chi connectivity index (χ2n) is 6.15. The van der Waals surface area contributed by atoms with Gasteiger partial charge in [0.05, 0.1) is 18.8 Å². The van der Waals surface area contributed by atoms with Crippen molar-refractivity contribution in [1.82, 2.24) is 20.2 Å². The van der Waals surface area contributed by atoms with E-state index in [1.165, 1.54) is 12.5 Å². The van der Waals surface area contributed by atoms with Crippen LogP contribution >= 0.6 is 0 Å². The van der Waals surface area contributed by atoms with E-state index in [2.05, 4.69) is 15.3 Å². The van der Waals surface area contributed by atoms with Crippen molar-refractivity contribution in [3.05, 3.63) is 18.2 Å². The Balaban J connectivity index is 2.06. The number of carboxylic acid groups (broad SMARTS) is 1. The molecule has 1 aliphatic heterocycles. The molecule has 0 radical (unpaired) electrons. The lowest BCUT2D eigenvalue weighted by Gasteiger charge is -2.27. The minimum Gasteiger partial charge on any atom is -0.480 e. The molecule has 11 heteroatoms. The van der Waals surface area contributed by atoms with Crippen LogP contribution in [0, 0.1) is 0 Å². The fourth-order valence-corrected chi connectivity index (χ4v) is 2.89. The second kappa shape index (κ2) is 8.43. The van der Waals surface area contributed by atoms with Crippen molar-refractivity contribution in [3.8, 4) is 0 Å². The first-order valence-electron chi connectivity index (χ1n) is 8.14. The number of aliphatic carboxylic acids is 1. The summed E-state index contributed by atoms with van der Waals surface area (Å²) < 4.78 is 0. The number of hydrogen-bond donors (Lipinski definition) is 5. The molecule has 26 heavy (non-hydrogen) atoms. The Morgan fingerprint density at radius 3 is 2.73 bits per heavy atom. The lowest BCUT2D eigenvalue weighted by molar-refractivity contribution is -0.149. The van der Waals surface area contributed by atoms with Gasteiger partial charge < -0.3 is 31.8 Å². The molecule has 0 aromatic carbocycles. The molecule has 0 bridgehead atoms. The number of nitrogens with zero attached hydrogens (tertiary/aromatic N) is 2. The van der Waals surface area contributed by atoms with Gasteiger partial charge in [-0.1, -0.05) is 0 Å². The lowest BCUT2D eigenvalue weighted by Crippen LogP contribution is -2.55. The topological polar surface area (TPSA) is 184 Å². The van der Waals surface area contributed by atoms with E-state index in [4.69, 9.17) is 11.5 Å². The number of carboxylic acids is 1. The van der Waals surface area contributed by atoms with Gasteiger partial charge in [0.25, 0.3) is 0 Å². The molecule has 7 N–H and O–H groups in total. The summed E-state index contributed by atoms with van der Waals surface area (Å²) in [6.07, 6.45) is 3.52. The molecule has 0 spiro atoms. The van der Waals surface area contributed by atoms with E-state index >= 15 is 0 Å². The van der Waals surface area contributed by atoms with Crippen molar-refractivity contribution in [2.75, 3.05) is 6.54 Å². The third-order valence-corrected chi connectivity index (χ3v) is 4.17. The molecular weight excluding hydrogens is 344 g/mol. The third-order valence-electron chi connectivity index (χ3n) is 4.17. The van der Waals surface area contributed by atoms with E-state index in [9.17, 15) is 24.3 Å². The number of likely N-dealkylation sites (tertiary alicyclic amines) is 1. The highest BCUT2D eigenvalue weighted by atomic mass is 16.4. The fourth-order valence-electron chi connectivity index (χ4n) is 2.89. The van der Waals surface area contributed by atoms with Crippen LogP contribution in [0.4, 0.5) is 0 Å². The van der Waals surface area contributed by atoms with E-state index in [1.54, 1.807) is 0 Å². The maximum absolute atomic E-state index is 12.7. The Hall–Kier alpha value is -2.95. The largest absolute Gasteiger partial charge is 0.480 e. The summed E-state index contributed by atoms with van der Waals surface area (Å²) in [4.78, 5) is 55.3. The van der Waals surface area contributed by atoms with Gasteiger partial charge in [0.2, 0.25) is 17.7 Å². The standard InChI is InChI=1S/C15H22N6O5/c16-9(4-8-6-18-7-19-8)13(23)20-10(5-12(17)22)14(24)21-3-1-2-11(21)15(25)26/h6-7,9-11H,1-5,16H2,(H2,17,22)(H,18,19)(H,20,23)(H,25,26)/t9-,10-,11+/m0/s1. The summed E-state index contributed by atoms with van der Waals surface area (Å²) in [5.74, 6) is -3.23. The molecule has 1 aliphatic rings. The van der Waals surface area contributed by atoms with E-state index in [-0.39, 0.29) is 13.0 Å². The van der Waals surface area contributed by atoms with Gasteiger partial charge in [-0.25, -0.2) is 9.78 Å². The maximum Gasteiger partial charge on any atom is 0.326 e. The molecular formula is C15H22N6O5. The number of amides is 3. The van der Waals surface area contributed by atoms with Gasteiger partial charge in [-0.15, -0.1) is 0 Å². The number of rotatable bonds is 8. The van der Waals surface area contributed by atoms with Crippen molar-refractivity contribution < 1.29 is 24.3 Å². The van der Waals surface area contributed by atoms with Crippen LogP contribution in [-0.2, 0) is 25.6 Å². The minimum absolute atomic E-state index is 0.158. The van der Waals surface area contributed by atoms with Crippen molar-refractivity contribution >= 4 is 23.7 Å². The highest BCUT2D eigenvalue weighted by Crippen LogP contribution is 2.19. The zero-order valence-electron chi connectivity index (χ0n) is 14.1. The average Bonchev–Trinajstić information content (AvgIpc) is 3.24. The van der Waals surface area contributed by atoms with E-state index < -0.39 is 48.2 Å². The van der Waals surface area contributed by atoms with Gasteiger partial charge in [-0.05, 0) is 12.8 Å². The summed E-state index contributed by atoms with van der Waals surface area (Å²) in [6.45, 7) is 0.237. The van der Waals surface area contributed by atoms with Crippen molar-refractivity contribution in [2.45, 2.75) is 43.8 Å². The molecule has 1 fully saturated rings. The van der Waals surface area contributed by atoms with Crippen LogP contribution in [-0.4, -0.2) is 68.3 Å². The highest BCUT2D eigenvalue weighted by Gasteiger charge is 2.38. The maximum atomic E-state index is 12.7. The number of primary amides is 1. The molecule has 3 amide bonds. The fraction of sp³-hybridized carbons (Fsp3) is 0.533. The predicted molar refractivity (Wildman–Crippen MR) is 88.4 cm³/mol.